The number of amidine groups is 1. The molecular formula is C21H26N2O4. The standard InChI is InChI=1S/C21H26N2O4/c1-21(2)12-13-9-18(26-5)19(27-6)11-15(13)20(23-21)22-16-10-14(24-3)7-8-17(16)25-4/h7-11H,12H2,1-6H3,(H,22,23). The molecule has 1 aliphatic rings. The van der Waals surface area contributed by atoms with E-state index >= 15 is 0 Å². The quantitative estimate of drug-likeness (QED) is 0.864. The Morgan fingerprint density at radius 2 is 1.52 bits per heavy atom. The van der Waals surface area contributed by atoms with E-state index in [2.05, 4.69) is 19.2 Å². The molecule has 0 bridgehead atoms. The van der Waals surface area contributed by atoms with E-state index in [0.717, 1.165) is 34.8 Å². The van der Waals surface area contributed by atoms with Gasteiger partial charge in [-0.05, 0) is 50.1 Å². The van der Waals surface area contributed by atoms with Crippen LogP contribution in [-0.2, 0) is 6.42 Å². The first-order valence-corrected chi connectivity index (χ1v) is 8.75. The molecular weight excluding hydrogens is 344 g/mol. The second-order valence-electron chi connectivity index (χ2n) is 7.01. The third-order valence-corrected chi connectivity index (χ3v) is 4.56. The third-order valence-electron chi connectivity index (χ3n) is 4.56. The maximum atomic E-state index is 5.49. The Bertz CT molecular complexity index is 875. The summed E-state index contributed by atoms with van der Waals surface area (Å²) in [5.74, 6) is 3.59. The number of ether oxygens (including phenoxy) is 4. The Kier molecular flexibility index (Phi) is 5.17. The van der Waals surface area contributed by atoms with Gasteiger partial charge in [-0.2, -0.15) is 0 Å². The van der Waals surface area contributed by atoms with Crippen molar-refractivity contribution in [2.75, 3.05) is 33.8 Å². The van der Waals surface area contributed by atoms with Gasteiger partial charge in [-0.15, -0.1) is 0 Å². The summed E-state index contributed by atoms with van der Waals surface area (Å²) in [6.45, 7) is 4.22. The fraction of sp³-hybridized carbons (Fsp3) is 0.381. The van der Waals surface area contributed by atoms with Gasteiger partial charge in [-0.1, -0.05) is 0 Å². The molecule has 6 nitrogen and oxygen atoms in total. The maximum absolute atomic E-state index is 5.49. The second kappa shape index (κ2) is 7.39. The summed E-state index contributed by atoms with van der Waals surface area (Å²) in [7, 11) is 6.56. The van der Waals surface area contributed by atoms with Crippen molar-refractivity contribution >= 4 is 11.5 Å². The zero-order chi connectivity index (χ0) is 19.6. The van der Waals surface area contributed by atoms with Crippen LogP contribution in [0.5, 0.6) is 23.0 Å². The van der Waals surface area contributed by atoms with Crippen molar-refractivity contribution in [3.8, 4) is 23.0 Å². The second-order valence-corrected chi connectivity index (χ2v) is 7.01. The molecule has 1 heterocycles. The minimum Gasteiger partial charge on any atom is -0.497 e. The van der Waals surface area contributed by atoms with Gasteiger partial charge in [0.15, 0.2) is 11.5 Å². The summed E-state index contributed by atoms with van der Waals surface area (Å²) in [6.07, 6.45) is 0.809. The first kappa shape index (κ1) is 18.9. The van der Waals surface area contributed by atoms with Crippen LogP contribution < -0.4 is 24.3 Å². The molecule has 27 heavy (non-hydrogen) atoms. The highest BCUT2D eigenvalue weighted by molar-refractivity contribution is 6.11. The van der Waals surface area contributed by atoms with Crippen LogP contribution >= 0.6 is 0 Å². The molecule has 3 rings (SSSR count). The van der Waals surface area contributed by atoms with Crippen LogP contribution in [0.3, 0.4) is 0 Å². The number of nitrogens with one attached hydrogen (secondary N) is 1. The van der Waals surface area contributed by atoms with Crippen LogP contribution in [0.2, 0.25) is 0 Å². The zero-order valence-corrected chi connectivity index (χ0v) is 16.7. The van der Waals surface area contributed by atoms with Gasteiger partial charge in [0.1, 0.15) is 17.3 Å². The monoisotopic (exact) mass is 370 g/mol. The van der Waals surface area contributed by atoms with E-state index in [1.165, 1.54) is 0 Å². The van der Waals surface area contributed by atoms with Crippen LogP contribution in [0, 0.1) is 0 Å². The molecule has 0 saturated heterocycles. The van der Waals surface area contributed by atoms with Crippen molar-refractivity contribution in [3.63, 3.8) is 0 Å². The highest BCUT2D eigenvalue weighted by Gasteiger charge is 2.29. The molecule has 0 atom stereocenters. The highest BCUT2D eigenvalue weighted by Crippen LogP contribution is 2.37. The van der Waals surface area contributed by atoms with Crippen LogP contribution in [0.4, 0.5) is 5.69 Å². The van der Waals surface area contributed by atoms with Crippen molar-refractivity contribution in [3.05, 3.63) is 41.5 Å². The Morgan fingerprint density at radius 3 is 2.15 bits per heavy atom. The van der Waals surface area contributed by atoms with E-state index in [9.17, 15) is 0 Å². The van der Waals surface area contributed by atoms with Crippen molar-refractivity contribution in [1.82, 2.24) is 0 Å². The summed E-state index contributed by atoms with van der Waals surface area (Å²) in [4.78, 5) is 4.93. The van der Waals surface area contributed by atoms with E-state index in [0.29, 0.717) is 17.2 Å². The fourth-order valence-electron chi connectivity index (χ4n) is 3.29. The molecule has 1 aliphatic heterocycles. The molecule has 0 saturated carbocycles. The lowest BCUT2D eigenvalue weighted by Crippen LogP contribution is -2.32. The Hall–Kier alpha value is -2.89. The lowest BCUT2D eigenvalue weighted by Gasteiger charge is -2.30. The first-order valence-electron chi connectivity index (χ1n) is 8.75. The number of benzene rings is 2. The van der Waals surface area contributed by atoms with Gasteiger partial charge in [0.25, 0.3) is 0 Å². The number of nitrogens with zero attached hydrogens (tertiary/aromatic N) is 1. The predicted molar refractivity (Wildman–Crippen MR) is 107 cm³/mol. The van der Waals surface area contributed by atoms with Crippen LogP contribution in [0.15, 0.2) is 35.3 Å². The van der Waals surface area contributed by atoms with Gasteiger partial charge in [0.05, 0.1) is 39.7 Å². The van der Waals surface area contributed by atoms with E-state index in [-0.39, 0.29) is 5.54 Å². The Labute approximate surface area is 160 Å². The summed E-state index contributed by atoms with van der Waals surface area (Å²) in [5, 5.41) is 3.42. The number of rotatable bonds is 5. The molecule has 6 heteroatoms. The summed E-state index contributed by atoms with van der Waals surface area (Å²) >= 11 is 0. The number of aliphatic imine (C=N–C) groups is 1. The van der Waals surface area contributed by atoms with Crippen LogP contribution in [0.25, 0.3) is 0 Å². The van der Waals surface area contributed by atoms with E-state index in [1.54, 1.807) is 28.4 Å². The highest BCUT2D eigenvalue weighted by atomic mass is 16.5. The number of hydrogen-bond acceptors (Lipinski definition) is 6. The molecule has 2 aromatic carbocycles. The van der Waals surface area contributed by atoms with Gasteiger partial charge in [0.2, 0.25) is 0 Å². The molecule has 0 unspecified atom stereocenters. The van der Waals surface area contributed by atoms with Crippen molar-refractivity contribution in [2.24, 2.45) is 4.99 Å². The number of hydrogen-bond donors (Lipinski definition) is 1. The molecule has 0 aromatic heterocycles. The van der Waals surface area contributed by atoms with Gasteiger partial charge >= 0.3 is 0 Å². The zero-order valence-electron chi connectivity index (χ0n) is 16.7. The first-order chi connectivity index (χ1) is 12.9. The molecule has 0 fully saturated rings. The average molecular weight is 370 g/mol. The van der Waals surface area contributed by atoms with Crippen molar-refractivity contribution in [1.29, 1.82) is 0 Å². The maximum Gasteiger partial charge on any atom is 0.161 e. The van der Waals surface area contributed by atoms with Gasteiger partial charge in [-0.25, -0.2) is 0 Å². The molecule has 144 valence electrons. The molecule has 0 spiro atoms. The minimum atomic E-state index is -0.249. The molecule has 2 aromatic rings. The van der Waals surface area contributed by atoms with Crippen molar-refractivity contribution in [2.45, 2.75) is 25.8 Å². The van der Waals surface area contributed by atoms with E-state index in [1.807, 2.05) is 30.3 Å². The van der Waals surface area contributed by atoms with E-state index in [4.69, 9.17) is 23.9 Å². The SMILES string of the molecule is COc1ccc(OC)c(NC2=NC(C)(C)Cc3cc(OC)c(OC)cc32)c1. The smallest absolute Gasteiger partial charge is 0.161 e. The van der Waals surface area contributed by atoms with Crippen LogP contribution in [0.1, 0.15) is 25.0 Å². The lowest BCUT2D eigenvalue weighted by molar-refractivity contribution is 0.353. The molecule has 0 aliphatic carbocycles. The molecule has 1 N–H and O–H groups in total. The third kappa shape index (κ3) is 3.79. The molecule has 0 amide bonds. The topological polar surface area (TPSA) is 61.3 Å². The largest absolute Gasteiger partial charge is 0.497 e. The predicted octanol–water partition coefficient (Wildman–Crippen LogP) is 3.91. The van der Waals surface area contributed by atoms with Crippen molar-refractivity contribution < 1.29 is 18.9 Å². The minimum absolute atomic E-state index is 0.249. The Morgan fingerprint density at radius 1 is 0.852 bits per heavy atom. The fourth-order valence-corrected chi connectivity index (χ4v) is 3.29. The molecule has 0 radical (unpaired) electrons. The summed E-state index contributed by atoms with van der Waals surface area (Å²) in [6, 6.07) is 9.60. The van der Waals surface area contributed by atoms with E-state index < -0.39 is 0 Å². The van der Waals surface area contributed by atoms with Crippen LogP contribution in [-0.4, -0.2) is 39.8 Å². The average Bonchev–Trinajstić information content (AvgIpc) is 2.66. The van der Waals surface area contributed by atoms with Gasteiger partial charge in [-0.3, -0.25) is 4.99 Å². The normalized spacial score (nSPS) is 14.7. The number of anilines is 1. The number of methoxy groups -OCH3 is 4. The summed E-state index contributed by atoms with van der Waals surface area (Å²) in [5.41, 5.74) is 2.67. The Balaban J connectivity index is 2.09. The van der Waals surface area contributed by atoms with Gasteiger partial charge in [0, 0.05) is 11.6 Å². The summed E-state index contributed by atoms with van der Waals surface area (Å²) < 4.78 is 21.8. The van der Waals surface area contributed by atoms with Gasteiger partial charge < -0.3 is 24.3 Å². The number of fused-ring (bicyclic) bond motifs is 1. The lowest BCUT2D eigenvalue weighted by atomic mass is 9.88.